The molecular weight excluding hydrogens is 230 g/mol. The maximum absolute atomic E-state index is 10.8. The smallest absolute Gasteiger partial charge is 0.318 e. The van der Waals surface area contributed by atoms with E-state index >= 15 is 0 Å². The van der Waals surface area contributed by atoms with Gasteiger partial charge in [-0.05, 0) is 30.7 Å². The van der Waals surface area contributed by atoms with E-state index in [4.69, 9.17) is 16.4 Å². The summed E-state index contributed by atoms with van der Waals surface area (Å²) in [5.41, 5.74) is 4.03. The Labute approximate surface area is 97.6 Å². The molecule has 0 spiro atoms. The average Bonchev–Trinajstić information content (AvgIpc) is 2.65. The fourth-order valence-corrected chi connectivity index (χ4v) is 1.47. The van der Waals surface area contributed by atoms with Crippen LogP contribution in [0.5, 0.6) is 0 Å². The van der Waals surface area contributed by atoms with Crippen molar-refractivity contribution in [1.29, 1.82) is 0 Å². The van der Waals surface area contributed by atoms with Crippen LogP contribution in [0.2, 0.25) is 0 Å². The summed E-state index contributed by atoms with van der Waals surface area (Å²) < 4.78 is 0. The van der Waals surface area contributed by atoms with E-state index in [1.807, 2.05) is 19.1 Å². The second kappa shape index (κ2) is 4.42. The molecule has 6 heteroatoms. The third kappa shape index (κ3) is 2.26. The first-order valence-electron chi connectivity index (χ1n) is 4.62. The SMILES string of the molecule is CC1=CN(c2ccccc2NC(=O)Cl)NO1. The molecule has 0 fully saturated rings. The highest BCUT2D eigenvalue weighted by atomic mass is 35.5. The van der Waals surface area contributed by atoms with Crippen LogP contribution in [0.15, 0.2) is 36.2 Å². The topological polar surface area (TPSA) is 53.6 Å². The third-order valence-electron chi connectivity index (χ3n) is 2.01. The van der Waals surface area contributed by atoms with Gasteiger partial charge in [0, 0.05) is 0 Å². The van der Waals surface area contributed by atoms with E-state index in [0.717, 1.165) is 11.4 Å². The summed E-state index contributed by atoms with van der Waals surface area (Å²) in [6.45, 7) is 1.82. The second-order valence-corrected chi connectivity index (χ2v) is 3.56. The number of allylic oxidation sites excluding steroid dienone is 1. The number of amides is 1. The van der Waals surface area contributed by atoms with E-state index in [1.165, 1.54) is 0 Å². The van der Waals surface area contributed by atoms with Gasteiger partial charge in [-0.3, -0.25) is 4.79 Å². The fourth-order valence-electron chi connectivity index (χ4n) is 1.37. The molecule has 5 nitrogen and oxygen atoms in total. The lowest BCUT2D eigenvalue weighted by Crippen LogP contribution is -2.28. The number of nitrogens with zero attached hydrogens (tertiary/aromatic N) is 1. The number of carbonyl (C=O) groups excluding carboxylic acids is 1. The van der Waals surface area contributed by atoms with Crippen LogP contribution in [0.1, 0.15) is 6.92 Å². The monoisotopic (exact) mass is 239 g/mol. The van der Waals surface area contributed by atoms with Crippen LogP contribution >= 0.6 is 11.6 Å². The van der Waals surface area contributed by atoms with Crippen molar-refractivity contribution in [3.05, 3.63) is 36.2 Å². The van der Waals surface area contributed by atoms with Gasteiger partial charge in [-0.1, -0.05) is 17.7 Å². The first-order chi connectivity index (χ1) is 7.66. The molecule has 0 radical (unpaired) electrons. The molecule has 1 aliphatic rings. The summed E-state index contributed by atoms with van der Waals surface area (Å²) in [4.78, 5) is 15.9. The predicted octanol–water partition coefficient (Wildman–Crippen LogP) is 2.57. The van der Waals surface area contributed by atoms with E-state index in [-0.39, 0.29) is 0 Å². The molecule has 2 rings (SSSR count). The minimum Gasteiger partial charge on any atom is -0.392 e. The summed E-state index contributed by atoms with van der Waals surface area (Å²) in [6, 6.07) is 7.23. The standard InChI is InChI=1S/C10H10ClN3O2/c1-7-6-14(13-16-7)9-5-3-2-4-8(9)12-10(11)15/h2-6,13H,1H3,(H,12,15). The molecule has 0 saturated carbocycles. The normalized spacial score (nSPS) is 14.4. The lowest BCUT2D eigenvalue weighted by molar-refractivity contribution is 0.132. The molecular formula is C10H10ClN3O2. The van der Waals surface area contributed by atoms with Gasteiger partial charge >= 0.3 is 5.37 Å². The van der Waals surface area contributed by atoms with Crippen molar-refractivity contribution in [2.24, 2.45) is 0 Å². The first kappa shape index (κ1) is 10.8. The summed E-state index contributed by atoms with van der Waals surface area (Å²) in [7, 11) is 0. The first-order valence-corrected chi connectivity index (χ1v) is 5.00. The maximum Gasteiger partial charge on any atom is 0.318 e. The van der Waals surface area contributed by atoms with Crippen LogP contribution in [0.25, 0.3) is 0 Å². The van der Waals surface area contributed by atoms with Crippen molar-refractivity contribution < 1.29 is 9.63 Å². The van der Waals surface area contributed by atoms with Crippen molar-refractivity contribution in [2.45, 2.75) is 6.92 Å². The van der Waals surface area contributed by atoms with E-state index in [1.54, 1.807) is 23.3 Å². The Morgan fingerprint density at radius 2 is 2.25 bits per heavy atom. The Hall–Kier alpha value is -1.72. The van der Waals surface area contributed by atoms with Crippen LogP contribution in [-0.2, 0) is 4.84 Å². The zero-order valence-corrected chi connectivity index (χ0v) is 9.28. The van der Waals surface area contributed by atoms with Crippen molar-refractivity contribution in [3.8, 4) is 0 Å². The van der Waals surface area contributed by atoms with E-state index < -0.39 is 5.37 Å². The van der Waals surface area contributed by atoms with Crippen LogP contribution in [-0.4, -0.2) is 5.37 Å². The highest BCUT2D eigenvalue weighted by Gasteiger charge is 2.15. The minimum absolute atomic E-state index is 0.601. The van der Waals surface area contributed by atoms with Crippen LogP contribution < -0.4 is 15.9 Å². The van der Waals surface area contributed by atoms with Crippen molar-refractivity contribution in [2.75, 3.05) is 10.3 Å². The quantitative estimate of drug-likeness (QED) is 0.615. The third-order valence-corrected chi connectivity index (χ3v) is 2.11. The number of para-hydroxylation sites is 2. The Morgan fingerprint density at radius 3 is 2.88 bits per heavy atom. The van der Waals surface area contributed by atoms with E-state index in [2.05, 4.69) is 10.9 Å². The van der Waals surface area contributed by atoms with Gasteiger partial charge in [-0.2, -0.15) is 0 Å². The number of nitrogens with one attached hydrogen (secondary N) is 2. The molecule has 1 aromatic carbocycles. The van der Waals surface area contributed by atoms with Crippen molar-refractivity contribution in [3.63, 3.8) is 0 Å². The summed E-state index contributed by atoms with van der Waals surface area (Å²) >= 11 is 5.28. The van der Waals surface area contributed by atoms with Gasteiger partial charge in [0.15, 0.2) is 0 Å². The van der Waals surface area contributed by atoms with Gasteiger partial charge < -0.3 is 10.2 Å². The second-order valence-electron chi connectivity index (χ2n) is 3.22. The van der Waals surface area contributed by atoms with Crippen LogP contribution in [0.3, 0.4) is 0 Å². The van der Waals surface area contributed by atoms with Gasteiger partial charge in [0.25, 0.3) is 0 Å². The fraction of sp³-hybridized carbons (Fsp3) is 0.100. The molecule has 1 aromatic rings. The number of hydrogen-bond donors (Lipinski definition) is 2. The molecule has 0 bridgehead atoms. The zero-order chi connectivity index (χ0) is 11.5. The molecule has 0 unspecified atom stereocenters. The van der Waals surface area contributed by atoms with Gasteiger partial charge in [-0.25, -0.2) is 5.01 Å². The molecule has 0 atom stereocenters. The molecule has 1 heterocycles. The molecule has 1 amide bonds. The minimum atomic E-state index is -0.631. The van der Waals surface area contributed by atoms with Gasteiger partial charge in [0.1, 0.15) is 5.76 Å². The lowest BCUT2D eigenvalue weighted by atomic mass is 10.2. The number of halogens is 1. The van der Waals surface area contributed by atoms with Gasteiger partial charge in [-0.15, -0.1) is 0 Å². The summed E-state index contributed by atoms with van der Waals surface area (Å²) in [5.74, 6) is 0.729. The molecule has 1 aliphatic heterocycles. The highest BCUT2D eigenvalue weighted by molar-refractivity contribution is 6.65. The van der Waals surface area contributed by atoms with Crippen molar-refractivity contribution >= 4 is 28.3 Å². The maximum atomic E-state index is 10.8. The number of hydrogen-bond acceptors (Lipinski definition) is 4. The van der Waals surface area contributed by atoms with Gasteiger partial charge in [0.05, 0.1) is 17.6 Å². The summed E-state index contributed by atoms with van der Waals surface area (Å²) in [5, 5.41) is 3.54. The Morgan fingerprint density at radius 1 is 1.50 bits per heavy atom. The number of rotatable bonds is 2. The van der Waals surface area contributed by atoms with Crippen LogP contribution in [0, 0.1) is 0 Å². The molecule has 16 heavy (non-hydrogen) atoms. The zero-order valence-electron chi connectivity index (χ0n) is 8.53. The van der Waals surface area contributed by atoms with Gasteiger partial charge in [0.2, 0.25) is 0 Å². The molecule has 0 saturated heterocycles. The molecule has 84 valence electrons. The Balaban J connectivity index is 2.29. The Bertz CT molecular complexity index is 447. The Kier molecular flexibility index (Phi) is 2.98. The van der Waals surface area contributed by atoms with Crippen molar-refractivity contribution in [1.82, 2.24) is 5.59 Å². The number of benzene rings is 1. The lowest BCUT2D eigenvalue weighted by Gasteiger charge is -2.17. The highest BCUT2D eigenvalue weighted by Crippen LogP contribution is 2.27. The van der Waals surface area contributed by atoms with E-state index in [9.17, 15) is 4.79 Å². The largest absolute Gasteiger partial charge is 0.392 e. The predicted molar refractivity (Wildman–Crippen MR) is 61.8 cm³/mol. The molecule has 0 aromatic heterocycles. The average molecular weight is 240 g/mol. The number of hydrazine groups is 1. The van der Waals surface area contributed by atoms with E-state index in [0.29, 0.717) is 5.69 Å². The van der Waals surface area contributed by atoms with Crippen LogP contribution in [0.4, 0.5) is 16.2 Å². The molecule has 2 N–H and O–H groups in total. The number of carbonyl (C=O) groups is 1. The molecule has 0 aliphatic carbocycles. The number of anilines is 2. The summed E-state index contributed by atoms with van der Waals surface area (Å²) in [6.07, 6.45) is 1.76.